The quantitative estimate of drug-likeness (QED) is 0.569. The Morgan fingerprint density at radius 1 is 1.28 bits per heavy atom. The molecule has 0 aromatic carbocycles. The third-order valence-electron chi connectivity index (χ3n) is 5.00. The van der Waals surface area contributed by atoms with Crippen molar-refractivity contribution in [3.63, 3.8) is 0 Å². The number of hydrogen-bond donors (Lipinski definition) is 0. The van der Waals surface area contributed by atoms with Gasteiger partial charge in [0.05, 0.1) is 13.2 Å². The lowest BCUT2D eigenvalue weighted by Crippen LogP contribution is -2.41. The van der Waals surface area contributed by atoms with Gasteiger partial charge in [0.25, 0.3) is 0 Å². The summed E-state index contributed by atoms with van der Waals surface area (Å²) in [5.41, 5.74) is 1.17. The number of hydrogen-bond acceptors (Lipinski definition) is 6. The van der Waals surface area contributed by atoms with Crippen molar-refractivity contribution >= 4 is 17.7 Å². The van der Waals surface area contributed by atoms with Crippen LogP contribution in [0.1, 0.15) is 31.2 Å². The fourth-order valence-electron chi connectivity index (χ4n) is 3.62. The average Bonchev–Trinajstić information content (AvgIpc) is 2.68. The van der Waals surface area contributed by atoms with Crippen molar-refractivity contribution in [3.05, 3.63) is 18.0 Å². The van der Waals surface area contributed by atoms with Gasteiger partial charge in [0, 0.05) is 50.6 Å². The van der Waals surface area contributed by atoms with Crippen molar-refractivity contribution in [1.29, 1.82) is 0 Å². The number of carbonyl (C=O) groups is 1. The molecule has 7 heteroatoms. The van der Waals surface area contributed by atoms with E-state index < -0.39 is 0 Å². The van der Waals surface area contributed by atoms with Crippen LogP contribution in [0, 0.1) is 5.92 Å². The molecule has 0 aliphatic carbocycles. The number of thioether (sulfide) groups is 1. The van der Waals surface area contributed by atoms with Gasteiger partial charge in [0.1, 0.15) is 0 Å². The third kappa shape index (κ3) is 5.66. The molecule has 0 unspecified atom stereocenters. The highest BCUT2D eigenvalue weighted by Crippen LogP contribution is 2.23. The van der Waals surface area contributed by atoms with Crippen LogP contribution in [0.15, 0.2) is 17.6 Å². The number of piperidine rings is 1. The number of likely N-dealkylation sites (tertiary alicyclic amines) is 1. The number of aromatic nitrogens is 2. The molecule has 3 heterocycles. The molecule has 3 rings (SSSR count). The monoisotopic (exact) mass is 364 g/mol. The molecular formula is C18H28N4O2S. The largest absolute Gasteiger partial charge is 0.378 e. The number of amides is 1. The Labute approximate surface area is 154 Å². The van der Waals surface area contributed by atoms with E-state index in [9.17, 15) is 4.79 Å². The maximum atomic E-state index is 12.3. The molecule has 2 aliphatic heterocycles. The lowest BCUT2D eigenvalue weighted by molar-refractivity contribution is -0.135. The van der Waals surface area contributed by atoms with Gasteiger partial charge in [-0.25, -0.2) is 9.97 Å². The van der Waals surface area contributed by atoms with E-state index in [1.54, 1.807) is 11.8 Å². The summed E-state index contributed by atoms with van der Waals surface area (Å²) < 4.78 is 5.32. The van der Waals surface area contributed by atoms with E-state index in [2.05, 4.69) is 14.9 Å². The topological polar surface area (TPSA) is 58.6 Å². The van der Waals surface area contributed by atoms with Gasteiger partial charge >= 0.3 is 0 Å². The normalized spacial score (nSPS) is 22.1. The van der Waals surface area contributed by atoms with Gasteiger partial charge < -0.3 is 9.64 Å². The first kappa shape index (κ1) is 18.6. The third-order valence-corrected chi connectivity index (χ3v) is 5.58. The van der Waals surface area contributed by atoms with E-state index in [0.29, 0.717) is 31.5 Å². The summed E-state index contributed by atoms with van der Waals surface area (Å²) in [6.45, 7) is 5.96. The molecule has 2 fully saturated rings. The lowest BCUT2D eigenvalue weighted by atomic mass is 9.93. The van der Waals surface area contributed by atoms with Gasteiger partial charge in [0.2, 0.25) is 5.91 Å². The summed E-state index contributed by atoms with van der Waals surface area (Å²) >= 11 is 1.57. The summed E-state index contributed by atoms with van der Waals surface area (Å²) in [4.78, 5) is 25.5. The van der Waals surface area contributed by atoms with Crippen LogP contribution in [0.3, 0.4) is 0 Å². The van der Waals surface area contributed by atoms with Crippen molar-refractivity contribution in [2.45, 2.75) is 37.4 Å². The molecule has 1 aromatic heterocycles. The van der Waals surface area contributed by atoms with E-state index in [4.69, 9.17) is 4.74 Å². The van der Waals surface area contributed by atoms with E-state index in [1.807, 2.05) is 23.5 Å². The summed E-state index contributed by atoms with van der Waals surface area (Å²) in [6, 6.07) is 0. The highest BCUT2D eigenvalue weighted by Gasteiger charge is 2.23. The zero-order valence-electron chi connectivity index (χ0n) is 15.0. The predicted molar refractivity (Wildman–Crippen MR) is 98.4 cm³/mol. The van der Waals surface area contributed by atoms with Crippen LogP contribution in [0.5, 0.6) is 0 Å². The Morgan fingerprint density at radius 2 is 2.04 bits per heavy atom. The molecular weight excluding hydrogens is 336 g/mol. The zero-order valence-corrected chi connectivity index (χ0v) is 15.8. The fraction of sp³-hybridized carbons (Fsp3) is 0.722. The van der Waals surface area contributed by atoms with Crippen LogP contribution in [0.4, 0.5) is 0 Å². The highest BCUT2D eigenvalue weighted by molar-refractivity contribution is 7.98. The number of morpholine rings is 1. The Morgan fingerprint density at radius 3 is 2.76 bits per heavy atom. The van der Waals surface area contributed by atoms with Crippen molar-refractivity contribution in [2.24, 2.45) is 5.92 Å². The number of rotatable bonds is 6. The van der Waals surface area contributed by atoms with Gasteiger partial charge in [-0.05, 0) is 38.0 Å². The van der Waals surface area contributed by atoms with Crippen LogP contribution in [0.25, 0.3) is 0 Å². The van der Waals surface area contributed by atoms with Crippen LogP contribution >= 0.6 is 11.8 Å². The van der Waals surface area contributed by atoms with Crippen molar-refractivity contribution < 1.29 is 9.53 Å². The highest BCUT2D eigenvalue weighted by atomic mass is 32.2. The first-order chi connectivity index (χ1) is 12.2. The van der Waals surface area contributed by atoms with Gasteiger partial charge in [-0.15, -0.1) is 0 Å². The lowest BCUT2D eigenvalue weighted by Gasteiger charge is -2.33. The van der Waals surface area contributed by atoms with Crippen molar-refractivity contribution in [2.75, 3.05) is 45.6 Å². The standard InChI is InChI=1S/C18H28N4O2S/c1-25-18-19-11-16(12-20-18)14-21-6-2-3-15(13-21)4-5-17(23)22-7-9-24-10-8-22/h11-12,15H,2-10,13-14H2,1H3/t15-/m0/s1. The van der Waals surface area contributed by atoms with E-state index >= 15 is 0 Å². The maximum Gasteiger partial charge on any atom is 0.222 e. The molecule has 0 spiro atoms. The molecule has 0 bridgehead atoms. The minimum atomic E-state index is 0.293. The fourth-order valence-corrected chi connectivity index (χ4v) is 3.93. The molecule has 1 atom stereocenters. The summed E-state index contributed by atoms with van der Waals surface area (Å²) in [5.74, 6) is 0.909. The second-order valence-corrected chi connectivity index (χ2v) is 7.63. The molecule has 1 aromatic rings. The van der Waals surface area contributed by atoms with Crippen LogP contribution in [-0.2, 0) is 16.1 Å². The zero-order chi connectivity index (χ0) is 17.5. The van der Waals surface area contributed by atoms with Crippen LogP contribution in [-0.4, -0.2) is 71.3 Å². The SMILES string of the molecule is CSc1ncc(CN2CCC[C@@H](CCC(=O)N3CCOCC3)C2)cn1. The molecule has 2 aliphatic rings. The van der Waals surface area contributed by atoms with Gasteiger partial charge in [0.15, 0.2) is 5.16 Å². The molecule has 25 heavy (non-hydrogen) atoms. The first-order valence-corrected chi connectivity index (χ1v) is 10.4. The summed E-state index contributed by atoms with van der Waals surface area (Å²) in [7, 11) is 0. The Hall–Kier alpha value is -1.18. The Balaban J connectivity index is 1.43. The summed E-state index contributed by atoms with van der Waals surface area (Å²) in [5, 5.41) is 0.821. The second kappa shape index (κ2) is 9.50. The minimum absolute atomic E-state index is 0.293. The summed E-state index contributed by atoms with van der Waals surface area (Å²) in [6.07, 6.45) is 9.96. The molecule has 1 amide bonds. The molecule has 6 nitrogen and oxygen atoms in total. The second-order valence-electron chi connectivity index (χ2n) is 6.85. The van der Waals surface area contributed by atoms with Crippen molar-refractivity contribution in [3.8, 4) is 0 Å². The van der Waals surface area contributed by atoms with Crippen molar-refractivity contribution in [1.82, 2.24) is 19.8 Å². The predicted octanol–water partition coefficient (Wildman–Crippen LogP) is 2.05. The molecule has 0 saturated carbocycles. The molecule has 0 N–H and O–H groups in total. The smallest absolute Gasteiger partial charge is 0.222 e. The molecule has 138 valence electrons. The number of nitrogens with zero attached hydrogens (tertiary/aromatic N) is 4. The first-order valence-electron chi connectivity index (χ1n) is 9.17. The number of ether oxygens (including phenoxy) is 1. The van der Waals surface area contributed by atoms with Gasteiger partial charge in [-0.2, -0.15) is 0 Å². The van der Waals surface area contributed by atoms with Gasteiger partial charge in [-0.1, -0.05) is 11.8 Å². The van der Waals surface area contributed by atoms with E-state index in [0.717, 1.165) is 44.3 Å². The van der Waals surface area contributed by atoms with Crippen LogP contribution in [0.2, 0.25) is 0 Å². The minimum Gasteiger partial charge on any atom is -0.378 e. The van der Waals surface area contributed by atoms with E-state index in [-0.39, 0.29) is 0 Å². The molecule has 0 radical (unpaired) electrons. The van der Waals surface area contributed by atoms with Gasteiger partial charge in [-0.3, -0.25) is 9.69 Å². The van der Waals surface area contributed by atoms with E-state index in [1.165, 1.54) is 18.4 Å². The Bertz CT molecular complexity index is 549. The average molecular weight is 365 g/mol. The Kier molecular flexibility index (Phi) is 7.07. The molecule has 2 saturated heterocycles. The number of carbonyl (C=O) groups excluding carboxylic acids is 1. The maximum absolute atomic E-state index is 12.3. The van der Waals surface area contributed by atoms with Crippen LogP contribution < -0.4 is 0 Å².